The lowest BCUT2D eigenvalue weighted by Crippen LogP contribution is -2.05. The molecule has 0 spiro atoms. The standard InChI is InChI=1S/C13H13N3O3/c1-19-9-4-2-8(3-5-9)15-12-10(14)6-7-11(16-12)13(17)18/h2-7H,14H2,1H3,(H,15,16)(H,17,18). The molecule has 6 heteroatoms. The topological polar surface area (TPSA) is 97.5 Å². The predicted octanol–water partition coefficient (Wildman–Crippen LogP) is 2.11. The van der Waals surface area contributed by atoms with E-state index in [0.29, 0.717) is 11.5 Å². The summed E-state index contributed by atoms with van der Waals surface area (Å²) in [4.78, 5) is 14.8. The van der Waals surface area contributed by atoms with E-state index in [0.717, 1.165) is 11.4 Å². The molecule has 6 nitrogen and oxygen atoms in total. The second-order valence-corrected chi connectivity index (χ2v) is 3.79. The Morgan fingerprint density at radius 3 is 2.53 bits per heavy atom. The summed E-state index contributed by atoms with van der Waals surface area (Å²) in [6.07, 6.45) is 0. The predicted molar refractivity (Wildman–Crippen MR) is 71.9 cm³/mol. The Hall–Kier alpha value is -2.76. The number of carboxylic acids is 1. The van der Waals surface area contributed by atoms with Gasteiger partial charge in [0.1, 0.15) is 5.75 Å². The molecule has 0 unspecified atom stereocenters. The number of carboxylic acid groups (broad SMARTS) is 1. The molecule has 0 saturated carbocycles. The molecule has 0 aliphatic rings. The third-order valence-electron chi connectivity index (χ3n) is 2.50. The molecule has 2 aromatic rings. The molecule has 4 N–H and O–H groups in total. The molecule has 0 atom stereocenters. The highest BCUT2D eigenvalue weighted by molar-refractivity contribution is 5.87. The summed E-state index contributed by atoms with van der Waals surface area (Å²) < 4.78 is 5.05. The minimum atomic E-state index is -1.10. The molecule has 2 rings (SSSR count). The normalized spacial score (nSPS) is 9.95. The van der Waals surface area contributed by atoms with E-state index < -0.39 is 5.97 Å². The van der Waals surface area contributed by atoms with E-state index in [1.54, 1.807) is 31.4 Å². The van der Waals surface area contributed by atoms with E-state index in [4.69, 9.17) is 15.6 Å². The maximum absolute atomic E-state index is 10.9. The van der Waals surface area contributed by atoms with E-state index in [1.807, 2.05) is 0 Å². The first-order chi connectivity index (χ1) is 9.10. The largest absolute Gasteiger partial charge is 0.497 e. The Balaban J connectivity index is 2.26. The van der Waals surface area contributed by atoms with E-state index in [1.165, 1.54) is 12.1 Å². The lowest BCUT2D eigenvalue weighted by molar-refractivity contribution is 0.0690. The molecule has 0 radical (unpaired) electrons. The molecular weight excluding hydrogens is 246 g/mol. The molecule has 0 aliphatic heterocycles. The van der Waals surface area contributed by atoms with Gasteiger partial charge in [-0.25, -0.2) is 9.78 Å². The van der Waals surface area contributed by atoms with Crippen molar-refractivity contribution >= 4 is 23.2 Å². The first-order valence-electron chi connectivity index (χ1n) is 5.51. The van der Waals surface area contributed by atoms with Crippen molar-refractivity contribution in [3.63, 3.8) is 0 Å². The van der Waals surface area contributed by atoms with Crippen LogP contribution in [0.5, 0.6) is 5.75 Å². The molecule has 0 aliphatic carbocycles. The molecule has 19 heavy (non-hydrogen) atoms. The number of hydrogen-bond donors (Lipinski definition) is 3. The van der Waals surface area contributed by atoms with Crippen LogP contribution in [-0.2, 0) is 0 Å². The van der Waals surface area contributed by atoms with Crippen LogP contribution in [-0.4, -0.2) is 23.2 Å². The summed E-state index contributed by atoms with van der Waals surface area (Å²) in [5, 5.41) is 11.9. The number of aromatic nitrogens is 1. The lowest BCUT2D eigenvalue weighted by atomic mass is 10.2. The molecular formula is C13H13N3O3. The third kappa shape index (κ3) is 2.92. The molecule has 1 aromatic carbocycles. The molecule has 0 bridgehead atoms. The van der Waals surface area contributed by atoms with Gasteiger partial charge in [-0.3, -0.25) is 0 Å². The highest BCUT2D eigenvalue weighted by Crippen LogP contribution is 2.23. The first-order valence-corrected chi connectivity index (χ1v) is 5.51. The number of nitrogens with two attached hydrogens (primary N) is 1. The van der Waals surface area contributed by atoms with E-state index >= 15 is 0 Å². The van der Waals surface area contributed by atoms with Crippen LogP contribution < -0.4 is 15.8 Å². The van der Waals surface area contributed by atoms with Gasteiger partial charge >= 0.3 is 5.97 Å². The van der Waals surface area contributed by atoms with Crippen LogP contribution in [0, 0.1) is 0 Å². The van der Waals surface area contributed by atoms with Gasteiger partial charge in [-0.05, 0) is 36.4 Å². The minimum absolute atomic E-state index is 0.0646. The van der Waals surface area contributed by atoms with Gasteiger partial charge in [0.2, 0.25) is 0 Å². The fraction of sp³-hybridized carbons (Fsp3) is 0.0769. The number of carbonyl (C=O) groups is 1. The average molecular weight is 259 g/mol. The number of nitrogens with one attached hydrogen (secondary N) is 1. The van der Waals surface area contributed by atoms with Crippen LogP contribution in [0.2, 0.25) is 0 Å². The van der Waals surface area contributed by atoms with Crippen molar-refractivity contribution in [3.8, 4) is 5.75 Å². The van der Waals surface area contributed by atoms with E-state index in [2.05, 4.69) is 10.3 Å². The number of methoxy groups -OCH3 is 1. The van der Waals surface area contributed by atoms with Crippen molar-refractivity contribution in [3.05, 3.63) is 42.1 Å². The second-order valence-electron chi connectivity index (χ2n) is 3.79. The van der Waals surface area contributed by atoms with Gasteiger partial charge in [-0.1, -0.05) is 0 Å². The number of nitrogen functional groups attached to an aromatic ring is 1. The summed E-state index contributed by atoms with van der Waals surface area (Å²) in [5.41, 5.74) is 6.80. The summed E-state index contributed by atoms with van der Waals surface area (Å²) >= 11 is 0. The van der Waals surface area contributed by atoms with Gasteiger partial charge < -0.3 is 20.9 Å². The monoisotopic (exact) mass is 259 g/mol. The van der Waals surface area contributed by atoms with Gasteiger partial charge in [-0.15, -0.1) is 0 Å². The Morgan fingerprint density at radius 1 is 1.26 bits per heavy atom. The van der Waals surface area contributed by atoms with Gasteiger partial charge in [0.25, 0.3) is 0 Å². The molecule has 0 fully saturated rings. The van der Waals surface area contributed by atoms with Crippen molar-refractivity contribution in [2.45, 2.75) is 0 Å². The molecule has 0 amide bonds. The maximum atomic E-state index is 10.9. The Bertz CT molecular complexity index is 597. The van der Waals surface area contributed by atoms with E-state index in [9.17, 15) is 4.79 Å². The fourth-order valence-electron chi connectivity index (χ4n) is 1.50. The number of anilines is 3. The van der Waals surface area contributed by atoms with Crippen molar-refractivity contribution in [1.29, 1.82) is 0 Å². The van der Waals surface area contributed by atoms with Crippen molar-refractivity contribution in [2.75, 3.05) is 18.2 Å². The van der Waals surface area contributed by atoms with Crippen molar-refractivity contribution in [1.82, 2.24) is 4.98 Å². The zero-order chi connectivity index (χ0) is 13.8. The van der Waals surface area contributed by atoms with Crippen LogP contribution in [0.4, 0.5) is 17.2 Å². The van der Waals surface area contributed by atoms with Crippen molar-refractivity contribution < 1.29 is 14.6 Å². The smallest absolute Gasteiger partial charge is 0.354 e. The van der Waals surface area contributed by atoms with Gasteiger partial charge in [0.15, 0.2) is 11.5 Å². The Kier molecular flexibility index (Phi) is 3.51. The van der Waals surface area contributed by atoms with Crippen molar-refractivity contribution in [2.24, 2.45) is 0 Å². The van der Waals surface area contributed by atoms with Gasteiger partial charge in [0, 0.05) is 5.69 Å². The molecule has 98 valence electrons. The quantitative estimate of drug-likeness (QED) is 0.778. The minimum Gasteiger partial charge on any atom is -0.497 e. The van der Waals surface area contributed by atoms with Gasteiger partial charge in [0.05, 0.1) is 12.8 Å². The summed E-state index contributed by atoms with van der Waals surface area (Å²) in [6.45, 7) is 0. The Labute approximate surface area is 109 Å². The highest BCUT2D eigenvalue weighted by atomic mass is 16.5. The number of nitrogens with zero attached hydrogens (tertiary/aromatic N) is 1. The summed E-state index contributed by atoms with van der Waals surface area (Å²) in [7, 11) is 1.58. The average Bonchev–Trinajstić information content (AvgIpc) is 2.42. The lowest BCUT2D eigenvalue weighted by Gasteiger charge is -2.09. The highest BCUT2D eigenvalue weighted by Gasteiger charge is 2.08. The van der Waals surface area contributed by atoms with Crippen LogP contribution >= 0.6 is 0 Å². The summed E-state index contributed by atoms with van der Waals surface area (Å²) in [5.74, 6) is -0.0615. The fourth-order valence-corrected chi connectivity index (χ4v) is 1.50. The molecule has 1 aromatic heterocycles. The van der Waals surface area contributed by atoms with E-state index in [-0.39, 0.29) is 5.69 Å². The van der Waals surface area contributed by atoms with Crippen LogP contribution in [0.1, 0.15) is 10.5 Å². The number of benzene rings is 1. The number of pyridine rings is 1. The number of aromatic carboxylic acids is 1. The zero-order valence-corrected chi connectivity index (χ0v) is 10.3. The van der Waals surface area contributed by atoms with Gasteiger partial charge in [-0.2, -0.15) is 0 Å². The number of rotatable bonds is 4. The second kappa shape index (κ2) is 5.26. The number of ether oxygens (including phenoxy) is 1. The maximum Gasteiger partial charge on any atom is 0.354 e. The third-order valence-corrected chi connectivity index (χ3v) is 2.50. The summed E-state index contributed by atoms with van der Waals surface area (Å²) in [6, 6.07) is 9.99. The molecule has 0 saturated heterocycles. The SMILES string of the molecule is COc1ccc(Nc2nc(C(=O)O)ccc2N)cc1. The Morgan fingerprint density at radius 2 is 1.95 bits per heavy atom. The zero-order valence-electron chi connectivity index (χ0n) is 10.3. The molecule has 1 heterocycles. The number of hydrogen-bond acceptors (Lipinski definition) is 5. The van der Waals surface area contributed by atoms with Crippen LogP contribution in [0.15, 0.2) is 36.4 Å². The van der Waals surface area contributed by atoms with Crippen LogP contribution in [0.25, 0.3) is 0 Å². The van der Waals surface area contributed by atoms with Crippen LogP contribution in [0.3, 0.4) is 0 Å². The first kappa shape index (κ1) is 12.7.